The van der Waals surface area contributed by atoms with Gasteiger partial charge in [-0.2, -0.15) is 0 Å². The first kappa shape index (κ1) is 8.38. The highest BCUT2D eigenvalue weighted by atomic mass is 19.1. The second-order valence-electron chi connectivity index (χ2n) is 3.53. The Balaban J connectivity index is 2.36. The highest BCUT2D eigenvalue weighted by Gasteiger charge is 2.42. The molecule has 13 heavy (non-hydrogen) atoms. The van der Waals surface area contributed by atoms with Crippen molar-refractivity contribution in [3.05, 3.63) is 35.6 Å². The molecule has 2 N–H and O–H groups in total. The van der Waals surface area contributed by atoms with Crippen molar-refractivity contribution in [1.82, 2.24) is 0 Å². The van der Waals surface area contributed by atoms with Crippen LogP contribution in [0.3, 0.4) is 0 Å². The molecule has 1 aromatic rings. The van der Waals surface area contributed by atoms with Crippen LogP contribution in [0.25, 0.3) is 0 Å². The molecule has 0 saturated heterocycles. The van der Waals surface area contributed by atoms with Gasteiger partial charge < -0.3 is 5.73 Å². The van der Waals surface area contributed by atoms with Gasteiger partial charge in [-0.3, -0.25) is 4.79 Å². The smallest absolute Gasteiger partial charge is 0.137 e. The second kappa shape index (κ2) is 2.64. The van der Waals surface area contributed by atoms with Crippen LogP contribution in [-0.4, -0.2) is 5.78 Å². The standard InChI is InChI=1S/C10H10FNO/c11-9-4-2-1-3-8(9)10(12)5-7(13)6-10/h1-4H,5-6,12H2. The predicted molar refractivity (Wildman–Crippen MR) is 46.5 cm³/mol. The lowest BCUT2D eigenvalue weighted by Crippen LogP contribution is -2.49. The van der Waals surface area contributed by atoms with Crippen molar-refractivity contribution in [3.63, 3.8) is 0 Å². The number of hydrogen-bond acceptors (Lipinski definition) is 2. The average Bonchev–Trinajstić information content (AvgIpc) is 2.02. The largest absolute Gasteiger partial charge is 0.321 e. The first-order chi connectivity index (χ1) is 6.12. The number of ketones is 1. The number of benzene rings is 1. The molecule has 0 bridgehead atoms. The third-order valence-corrected chi connectivity index (χ3v) is 2.44. The van der Waals surface area contributed by atoms with Crippen LogP contribution >= 0.6 is 0 Å². The van der Waals surface area contributed by atoms with Crippen molar-refractivity contribution in [1.29, 1.82) is 0 Å². The highest BCUT2D eigenvalue weighted by Crippen LogP contribution is 2.36. The van der Waals surface area contributed by atoms with Crippen molar-refractivity contribution >= 4 is 5.78 Å². The van der Waals surface area contributed by atoms with E-state index >= 15 is 0 Å². The van der Waals surface area contributed by atoms with Gasteiger partial charge in [0, 0.05) is 18.4 Å². The number of nitrogens with two attached hydrogens (primary N) is 1. The van der Waals surface area contributed by atoms with Crippen molar-refractivity contribution in [2.75, 3.05) is 0 Å². The minimum atomic E-state index is -0.748. The summed E-state index contributed by atoms with van der Waals surface area (Å²) >= 11 is 0. The van der Waals surface area contributed by atoms with E-state index in [4.69, 9.17) is 5.73 Å². The predicted octanol–water partition coefficient (Wildman–Crippen LogP) is 1.34. The van der Waals surface area contributed by atoms with E-state index in [9.17, 15) is 9.18 Å². The van der Waals surface area contributed by atoms with Crippen LogP contribution < -0.4 is 5.73 Å². The van der Waals surface area contributed by atoms with Crippen LogP contribution in [0, 0.1) is 5.82 Å². The maximum absolute atomic E-state index is 13.2. The van der Waals surface area contributed by atoms with Gasteiger partial charge >= 0.3 is 0 Å². The zero-order chi connectivity index (χ0) is 9.47. The molecule has 1 aromatic carbocycles. The van der Waals surface area contributed by atoms with Gasteiger partial charge in [0.05, 0.1) is 5.54 Å². The van der Waals surface area contributed by atoms with E-state index in [0.717, 1.165) is 0 Å². The van der Waals surface area contributed by atoms with Crippen molar-refractivity contribution in [2.24, 2.45) is 5.73 Å². The molecule has 0 amide bonds. The number of halogens is 1. The second-order valence-corrected chi connectivity index (χ2v) is 3.53. The van der Waals surface area contributed by atoms with Gasteiger partial charge in [-0.05, 0) is 6.07 Å². The van der Waals surface area contributed by atoms with Gasteiger partial charge in [0.25, 0.3) is 0 Å². The Labute approximate surface area is 75.6 Å². The third kappa shape index (κ3) is 1.25. The molecular weight excluding hydrogens is 169 g/mol. The van der Waals surface area contributed by atoms with E-state index in [0.29, 0.717) is 5.56 Å². The van der Waals surface area contributed by atoms with Gasteiger partial charge in [0.2, 0.25) is 0 Å². The molecule has 1 aliphatic carbocycles. The maximum Gasteiger partial charge on any atom is 0.137 e. The van der Waals surface area contributed by atoms with E-state index < -0.39 is 5.54 Å². The van der Waals surface area contributed by atoms with Crippen molar-refractivity contribution < 1.29 is 9.18 Å². The molecular formula is C10H10FNO. The van der Waals surface area contributed by atoms with Crippen LogP contribution in [-0.2, 0) is 10.3 Å². The Kier molecular flexibility index (Phi) is 1.70. The molecule has 0 spiro atoms. The molecule has 0 aliphatic heterocycles. The van der Waals surface area contributed by atoms with Crippen LogP contribution in [0.4, 0.5) is 4.39 Å². The Hall–Kier alpha value is -1.22. The van der Waals surface area contributed by atoms with E-state index in [1.165, 1.54) is 6.07 Å². The average molecular weight is 179 g/mol. The first-order valence-corrected chi connectivity index (χ1v) is 4.17. The van der Waals surface area contributed by atoms with Gasteiger partial charge in [-0.25, -0.2) is 4.39 Å². The lowest BCUT2D eigenvalue weighted by molar-refractivity contribution is -0.128. The minimum Gasteiger partial charge on any atom is -0.321 e. The molecule has 68 valence electrons. The van der Waals surface area contributed by atoms with Crippen LogP contribution in [0.15, 0.2) is 24.3 Å². The molecule has 2 rings (SSSR count). The molecule has 0 radical (unpaired) electrons. The number of Topliss-reactive ketones (excluding diaryl/α,β-unsaturated/α-hetero) is 1. The summed E-state index contributed by atoms with van der Waals surface area (Å²) in [6, 6.07) is 6.35. The molecule has 3 heteroatoms. The molecule has 0 atom stereocenters. The Morgan fingerprint density at radius 2 is 1.92 bits per heavy atom. The van der Waals surface area contributed by atoms with Crippen LogP contribution in [0.1, 0.15) is 18.4 Å². The SMILES string of the molecule is NC1(c2ccccc2F)CC(=O)C1. The molecule has 0 unspecified atom stereocenters. The van der Waals surface area contributed by atoms with Crippen LogP contribution in [0.5, 0.6) is 0 Å². The normalized spacial score (nSPS) is 19.7. The number of rotatable bonds is 1. The summed E-state index contributed by atoms with van der Waals surface area (Å²) in [5, 5.41) is 0. The Morgan fingerprint density at radius 1 is 1.31 bits per heavy atom. The summed E-state index contributed by atoms with van der Waals surface area (Å²) in [6.45, 7) is 0. The Bertz CT molecular complexity index is 354. The lowest BCUT2D eigenvalue weighted by atomic mass is 9.71. The fraction of sp³-hybridized carbons (Fsp3) is 0.300. The quantitative estimate of drug-likeness (QED) is 0.707. The molecule has 1 saturated carbocycles. The van der Waals surface area contributed by atoms with Gasteiger partial charge in [-0.1, -0.05) is 18.2 Å². The van der Waals surface area contributed by atoms with E-state index in [1.54, 1.807) is 18.2 Å². The van der Waals surface area contributed by atoms with E-state index in [2.05, 4.69) is 0 Å². The van der Waals surface area contributed by atoms with Gasteiger partial charge in [0.1, 0.15) is 11.6 Å². The third-order valence-electron chi connectivity index (χ3n) is 2.44. The summed E-state index contributed by atoms with van der Waals surface area (Å²) in [7, 11) is 0. The van der Waals surface area contributed by atoms with E-state index in [1.807, 2.05) is 0 Å². The van der Waals surface area contributed by atoms with Gasteiger partial charge in [0.15, 0.2) is 0 Å². The zero-order valence-electron chi connectivity index (χ0n) is 7.09. The molecule has 0 aromatic heterocycles. The first-order valence-electron chi connectivity index (χ1n) is 4.17. The monoisotopic (exact) mass is 179 g/mol. The molecule has 1 aliphatic rings. The molecule has 0 heterocycles. The van der Waals surface area contributed by atoms with Gasteiger partial charge in [-0.15, -0.1) is 0 Å². The fourth-order valence-electron chi connectivity index (χ4n) is 1.71. The highest BCUT2D eigenvalue weighted by molar-refractivity contribution is 5.88. The summed E-state index contributed by atoms with van der Waals surface area (Å²) in [4.78, 5) is 10.8. The Morgan fingerprint density at radius 3 is 2.46 bits per heavy atom. The summed E-state index contributed by atoms with van der Waals surface area (Å²) in [5.74, 6) is -0.219. The summed E-state index contributed by atoms with van der Waals surface area (Å²) in [6.07, 6.45) is 0.516. The zero-order valence-corrected chi connectivity index (χ0v) is 7.09. The fourth-order valence-corrected chi connectivity index (χ4v) is 1.71. The number of carbonyl (C=O) groups is 1. The number of hydrogen-bond donors (Lipinski definition) is 1. The maximum atomic E-state index is 13.2. The minimum absolute atomic E-state index is 0.103. The van der Waals surface area contributed by atoms with Crippen molar-refractivity contribution in [2.45, 2.75) is 18.4 Å². The molecule has 2 nitrogen and oxygen atoms in total. The lowest BCUT2D eigenvalue weighted by Gasteiger charge is -2.37. The topological polar surface area (TPSA) is 43.1 Å². The summed E-state index contributed by atoms with van der Waals surface area (Å²) in [5.41, 5.74) is 5.56. The number of carbonyl (C=O) groups excluding carboxylic acids is 1. The summed E-state index contributed by atoms with van der Waals surface area (Å²) < 4.78 is 13.2. The molecule has 1 fully saturated rings. The van der Waals surface area contributed by atoms with Crippen molar-refractivity contribution in [3.8, 4) is 0 Å². The van der Waals surface area contributed by atoms with Crippen LogP contribution in [0.2, 0.25) is 0 Å². The van der Waals surface area contributed by atoms with E-state index in [-0.39, 0.29) is 24.4 Å².